The highest BCUT2D eigenvalue weighted by molar-refractivity contribution is 9.10. The molecule has 1 aromatic carbocycles. The van der Waals surface area contributed by atoms with Crippen LogP contribution in [0.3, 0.4) is 0 Å². The molecule has 0 saturated carbocycles. The van der Waals surface area contributed by atoms with E-state index in [1.807, 2.05) is 19.1 Å². The number of cyclic esters (lactones) is 1. The van der Waals surface area contributed by atoms with Crippen LogP contribution in [0.2, 0.25) is 0 Å². The molecule has 66 valence electrons. The van der Waals surface area contributed by atoms with Crippen molar-refractivity contribution in [2.24, 2.45) is 0 Å². The third kappa shape index (κ3) is 1.29. The fourth-order valence-electron chi connectivity index (χ4n) is 1.32. The minimum atomic E-state index is -0.268. The zero-order valence-corrected chi connectivity index (χ0v) is 8.59. The van der Waals surface area contributed by atoms with Gasteiger partial charge in [0.1, 0.15) is 5.76 Å². The van der Waals surface area contributed by atoms with Gasteiger partial charge in [0, 0.05) is 10.0 Å². The molecule has 2 nitrogen and oxygen atoms in total. The fraction of sp³-hybridized carbons (Fsp3) is 0.100. The molecule has 0 aromatic heterocycles. The molecular formula is C10H7BrO2. The van der Waals surface area contributed by atoms with Crippen LogP contribution in [0.25, 0.3) is 5.76 Å². The number of allylic oxidation sites excluding steroid dienone is 1. The van der Waals surface area contributed by atoms with Gasteiger partial charge in [0.15, 0.2) is 0 Å². The molecular weight excluding hydrogens is 232 g/mol. The summed E-state index contributed by atoms with van der Waals surface area (Å²) in [5.41, 5.74) is 1.50. The first-order valence-electron chi connectivity index (χ1n) is 3.91. The minimum Gasteiger partial charge on any atom is -0.423 e. The molecule has 0 radical (unpaired) electrons. The Morgan fingerprint density at radius 3 is 2.85 bits per heavy atom. The van der Waals surface area contributed by atoms with E-state index in [1.165, 1.54) is 0 Å². The lowest BCUT2D eigenvalue weighted by Gasteiger charge is -1.95. The zero-order chi connectivity index (χ0) is 9.42. The Balaban J connectivity index is 2.66. The van der Waals surface area contributed by atoms with Crippen molar-refractivity contribution >= 4 is 27.7 Å². The molecule has 0 bridgehead atoms. The summed E-state index contributed by atoms with van der Waals surface area (Å²) in [5, 5.41) is 0. The standard InChI is InChI=1S/C10H7BrO2/c1-2-9-8-5-6(11)3-4-7(8)10(12)13-9/h2-5H,1H3/b9-2-. The van der Waals surface area contributed by atoms with E-state index in [-0.39, 0.29) is 5.97 Å². The molecule has 3 heteroatoms. The molecule has 0 aliphatic carbocycles. The van der Waals surface area contributed by atoms with Crippen LogP contribution < -0.4 is 0 Å². The Hall–Kier alpha value is -1.09. The van der Waals surface area contributed by atoms with Crippen molar-refractivity contribution in [3.05, 3.63) is 39.9 Å². The predicted octanol–water partition coefficient (Wildman–Crippen LogP) is 2.98. The van der Waals surface area contributed by atoms with Gasteiger partial charge in [-0.05, 0) is 31.2 Å². The number of esters is 1. The summed E-state index contributed by atoms with van der Waals surface area (Å²) >= 11 is 3.35. The van der Waals surface area contributed by atoms with Gasteiger partial charge in [-0.25, -0.2) is 4.79 Å². The summed E-state index contributed by atoms with van der Waals surface area (Å²) in [5.74, 6) is 0.372. The molecule has 1 aliphatic rings. The van der Waals surface area contributed by atoms with Crippen molar-refractivity contribution in [2.45, 2.75) is 6.92 Å². The maximum absolute atomic E-state index is 11.3. The first kappa shape index (κ1) is 8.51. The van der Waals surface area contributed by atoms with Gasteiger partial charge in [-0.3, -0.25) is 0 Å². The Morgan fingerprint density at radius 1 is 1.38 bits per heavy atom. The molecule has 0 fully saturated rings. The van der Waals surface area contributed by atoms with Crippen LogP contribution in [-0.4, -0.2) is 5.97 Å². The van der Waals surface area contributed by atoms with Crippen molar-refractivity contribution in [2.75, 3.05) is 0 Å². The Morgan fingerprint density at radius 2 is 2.15 bits per heavy atom. The monoisotopic (exact) mass is 238 g/mol. The van der Waals surface area contributed by atoms with Gasteiger partial charge >= 0.3 is 5.97 Å². The topological polar surface area (TPSA) is 26.3 Å². The van der Waals surface area contributed by atoms with Gasteiger partial charge in [0.05, 0.1) is 5.56 Å². The Kier molecular flexibility index (Phi) is 1.96. The molecule has 0 N–H and O–H groups in total. The van der Waals surface area contributed by atoms with E-state index < -0.39 is 0 Å². The average molecular weight is 239 g/mol. The predicted molar refractivity (Wildman–Crippen MR) is 53.2 cm³/mol. The Labute approximate surface area is 84.3 Å². The number of benzene rings is 1. The molecule has 1 aliphatic heterocycles. The molecule has 0 unspecified atom stereocenters. The fourth-order valence-corrected chi connectivity index (χ4v) is 1.68. The second-order valence-corrected chi connectivity index (χ2v) is 3.65. The molecule has 0 saturated heterocycles. The van der Waals surface area contributed by atoms with E-state index in [9.17, 15) is 4.79 Å². The third-order valence-electron chi connectivity index (χ3n) is 1.93. The van der Waals surface area contributed by atoms with Crippen molar-refractivity contribution in [1.29, 1.82) is 0 Å². The number of rotatable bonds is 0. The highest BCUT2D eigenvalue weighted by Crippen LogP contribution is 2.31. The van der Waals surface area contributed by atoms with Gasteiger partial charge in [-0.15, -0.1) is 0 Å². The van der Waals surface area contributed by atoms with Crippen LogP contribution in [0.5, 0.6) is 0 Å². The quantitative estimate of drug-likeness (QED) is 0.650. The van der Waals surface area contributed by atoms with E-state index >= 15 is 0 Å². The largest absolute Gasteiger partial charge is 0.423 e. The summed E-state index contributed by atoms with van der Waals surface area (Å²) in [4.78, 5) is 11.3. The van der Waals surface area contributed by atoms with Gasteiger partial charge in [-0.2, -0.15) is 0 Å². The summed E-state index contributed by atoms with van der Waals surface area (Å²) in [7, 11) is 0. The second-order valence-electron chi connectivity index (χ2n) is 2.73. The lowest BCUT2D eigenvalue weighted by atomic mass is 10.1. The van der Waals surface area contributed by atoms with Crippen LogP contribution >= 0.6 is 15.9 Å². The number of carbonyl (C=O) groups is 1. The van der Waals surface area contributed by atoms with Crippen molar-refractivity contribution in [3.8, 4) is 0 Å². The summed E-state index contributed by atoms with van der Waals surface area (Å²) < 4.78 is 5.99. The molecule has 0 spiro atoms. The number of hydrogen-bond acceptors (Lipinski definition) is 2. The average Bonchev–Trinajstić information content (AvgIpc) is 2.42. The van der Waals surface area contributed by atoms with Crippen molar-refractivity contribution in [3.63, 3.8) is 0 Å². The SMILES string of the molecule is C/C=C1\OC(=O)c2ccc(Br)cc21. The molecule has 0 amide bonds. The highest BCUT2D eigenvalue weighted by atomic mass is 79.9. The first-order chi connectivity index (χ1) is 6.22. The molecule has 0 atom stereocenters. The number of fused-ring (bicyclic) bond motifs is 1. The third-order valence-corrected chi connectivity index (χ3v) is 2.43. The molecule has 13 heavy (non-hydrogen) atoms. The number of carbonyl (C=O) groups excluding carboxylic acids is 1. The van der Waals surface area contributed by atoms with E-state index in [0.717, 1.165) is 10.0 Å². The van der Waals surface area contributed by atoms with Crippen LogP contribution in [0.15, 0.2) is 28.7 Å². The smallest absolute Gasteiger partial charge is 0.344 e. The van der Waals surface area contributed by atoms with Crippen molar-refractivity contribution in [1.82, 2.24) is 0 Å². The van der Waals surface area contributed by atoms with E-state index in [1.54, 1.807) is 12.1 Å². The lowest BCUT2D eigenvalue weighted by Crippen LogP contribution is -1.92. The normalized spacial score (nSPS) is 17.4. The number of halogens is 1. The number of ether oxygens (including phenoxy) is 1. The van der Waals surface area contributed by atoms with E-state index in [2.05, 4.69) is 15.9 Å². The summed E-state index contributed by atoms with van der Waals surface area (Å²) in [6.45, 7) is 1.85. The van der Waals surface area contributed by atoms with Gasteiger partial charge in [0.2, 0.25) is 0 Å². The second kappa shape index (κ2) is 3.00. The maximum atomic E-state index is 11.3. The molecule has 1 aromatic rings. The molecule has 1 heterocycles. The van der Waals surface area contributed by atoms with Crippen LogP contribution in [0.1, 0.15) is 22.8 Å². The first-order valence-corrected chi connectivity index (χ1v) is 4.70. The highest BCUT2D eigenvalue weighted by Gasteiger charge is 2.25. The van der Waals surface area contributed by atoms with E-state index in [0.29, 0.717) is 11.3 Å². The lowest BCUT2D eigenvalue weighted by molar-refractivity contribution is 0.0715. The van der Waals surface area contributed by atoms with Crippen LogP contribution in [0, 0.1) is 0 Å². The van der Waals surface area contributed by atoms with Crippen LogP contribution in [0.4, 0.5) is 0 Å². The van der Waals surface area contributed by atoms with Crippen LogP contribution in [-0.2, 0) is 4.74 Å². The number of hydrogen-bond donors (Lipinski definition) is 0. The maximum Gasteiger partial charge on any atom is 0.344 e. The van der Waals surface area contributed by atoms with Gasteiger partial charge < -0.3 is 4.74 Å². The zero-order valence-electron chi connectivity index (χ0n) is 7.00. The summed E-state index contributed by atoms with van der Waals surface area (Å²) in [6.07, 6.45) is 1.79. The van der Waals surface area contributed by atoms with Gasteiger partial charge in [-0.1, -0.05) is 15.9 Å². The minimum absolute atomic E-state index is 0.268. The Bertz CT molecular complexity index is 407. The summed E-state index contributed by atoms with van der Waals surface area (Å²) in [6, 6.07) is 5.48. The van der Waals surface area contributed by atoms with E-state index in [4.69, 9.17) is 4.74 Å². The molecule has 2 rings (SSSR count). The van der Waals surface area contributed by atoms with Gasteiger partial charge in [0.25, 0.3) is 0 Å². The van der Waals surface area contributed by atoms with Crippen molar-refractivity contribution < 1.29 is 9.53 Å².